The molecule has 158 valence electrons. The Hall–Kier alpha value is -1.53. The highest BCUT2D eigenvalue weighted by Crippen LogP contribution is 2.38. The van der Waals surface area contributed by atoms with Gasteiger partial charge >= 0.3 is 0 Å². The van der Waals surface area contributed by atoms with Crippen molar-refractivity contribution in [1.82, 2.24) is 9.80 Å². The molecule has 3 fully saturated rings. The molecule has 0 spiro atoms. The average Bonchev–Trinajstić information content (AvgIpc) is 2.97. The molecule has 1 aromatic carbocycles. The lowest BCUT2D eigenvalue weighted by Gasteiger charge is -2.37. The van der Waals surface area contributed by atoms with Crippen LogP contribution in [0.5, 0.6) is 0 Å². The standard InChI is InChI=1S/C23H33N3O2S/c1-17(2)29-21-10-6-5-9-20(21)25-14-11-24(12-15-25)13-16-26-22(27)18-7-3-4-8-19(18)23(26)28/h5-6,9-10,17-19H,3-4,7-8,11-16H2,1-2H3/t18-,19-/m1/s1. The number of nitrogens with zero attached hydrogens (tertiary/aromatic N) is 3. The summed E-state index contributed by atoms with van der Waals surface area (Å²) in [5.41, 5.74) is 1.33. The van der Waals surface area contributed by atoms with Crippen LogP contribution in [0, 0.1) is 11.8 Å². The fourth-order valence-electron chi connectivity index (χ4n) is 4.98. The van der Waals surface area contributed by atoms with E-state index in [-0.39, 0.29) is 23.7 Å². The summed E-state index contributed by atoms with van der Waals surface area (Å²) in [6.45, 7) is 9.75. The van der Waals surface area contributed by atoms with Crippen molar-refractivity contribution in [1.29, 1.82) is 0 Å². The van der Waals surface area contributed by atoms with E-state index in [4.69, 9.17) is 0 Å². The molecule has 3 aliphatic rings. The Morgan fingerprint density at radius 2 is 1.55 bits per heavy atom. The van der Waals surface area contributed by atoms with Crippen molar-refractivity contribution in [3.63, 3.8) is 0 Å². The molecule has 2 aliphatic heterocycles. The van der Waals surface area contributed by atoms with Crippen molar-refractivity contribution >= 4 is 29.3 Å². The van der Waals surface area contributed by atoms with Crippen LogP contribution in [0.2, 0.25) is 0 Å². The number of hydrogen-bond donors (Lipinski definition) is 0. The van der Waals surface area contributed by atoms with E-state index in [0.717, 1.165) is 58.4 Å². The van der Waals surface area contributed by atoms with Crippen molar-refractivity contribution < 1.29 is 9.59 Å². The van der Waals surface area contributed by atoms with Crippen molar-refractivity contribution in [2.24, 2.45) is 11.8 Å². The number of amides is 2. The molecule has 5 nitrogen and oxygen atoms in total. The van der Waals surface area contributed by atoms with Gasteiger partial charge in [0, 0.05) is 49.4 Å². The minimum absolute atomic E-state index is 0.0249. The third-order valence-electron chi connectivity index (χ3n) is 6.51. The minimum atomic E-state index is -0.0249. The van der Waals surface area contributed by atoms with Crippen molar-refractivity contribution in [3.05, 3.63) is 24.3 Å². The number of imide groups is 1. The smallest absolute Gasteiger partial charge is 0.233 e. The minimum Gasteiger partial charge on any atom is -0.368 e. The first-order valence-corrected chi connectivity index (χ1v) is 12.0. The summed E-state index contributed by atoms with van der Waals surface area (Å²) in [7, 11) is 0. The van der Waals surface area contributed by atoms with Gasteiger partial charge in [0.05, 0.1) is 17.5 Å². The third kappa shape index (κ3) is 4.48. The Bertz CT molecular complexity index is 721. The molecule has 2 atom stereocenters. The predicted molar refractivity (Wildman–Crippen MR) is 118 cm³/mol. The number of hydrogen-bond acceptors (Lipinski definition) is 5. The maximum absolute atomic E-state index is 12.7. The van der Waals surface area contributed by atoms with E-state index in [9.17, 15) is 9.59 Å². The molecule has 0 aromatic heterocycles. The van der Waals surface area contributed by atoms with E-state index >= 15 is 0 Å². The Morgan fingerprint density at radius 3 is 2.17 bits per heavy atom. The molecule has 4 rings (SSSR count). The first kappa shape index (κ1) is 20.7. The van der Waals surface area contributed by atoms with E-state index in [1.807, 2.05) is 11.8 Å². The summed E-state index contributed by atoms with van der Waals surface area (Å²) in [4.78, 5) is 33.1. The van der Waals surface area contributed by atoms with Gasteiger partial charge in [0.25, 0.3) is 0 Å². The first-order chi connectivity index (χ1) is 14.0. The maximum Gasteiger partial charge on any atom is 0.233 e. The zero-order valence-electron chi connectivity index (χ0n) is 17.7. The van der Waals surface area contributed by atoms with Crippen LogP contribution in [0.1, 0.15) is 39.5 Å². The SMILES string of the molecule is CC(C)Sc1ccccc1N1CCN(CCN2C(=O)[C@@H]3CCCC[C@H]3C2=O)CC1. The van der Waals surface area contributed by atoms with E-state index in [2.05, 4.69) is 47.9 Å². The Balaban J connectivity index is 1.30. The van der Waals surface area contributed by atoms with Gasteiger partial charge < -0.3 is 4.90 Å². The topological polar surface area (TPSA) is 43.9 Å². The molecule has 2 amide bonds. The fraction of sp³-hybridized carbons (Fsp3) is 0.652. The van der Waals surface area contributed by atoms with Gasteiger partial charge in [-0.3, -0.25) is 19.4 Å². The van der Waals surface area contributed by atoms with Crippen LogP contribution in [-0.2, 0) is 9.59 Å². The van der Waals surface area contributed by atoms with Crippen LogP contribution in [0.25, 0.3) is 0 Å². The number of carbonyl (C=O) groups excluding carboxylic acids is 2. The zero-order valence-corrected chi connectivity index (χ0v) is 18.5. The van der Waals surface area contributed by atoms with Gasteiger partial charge in [0.15, 0.2) is 0 Å². The molecule has 6 heteroatoms. The normalized spacial score (nSPS) is 25.8. The molecule has 1 aromatic rings. The van der Waals surface area contributed by atoms with E-state index in [1.54, 1.807) is 4.90 Å². The molecule has 2 saturated heterocycles. The molecule has 0 N–H and O–H groups in total. The highest BCUT2D eigenvalue weighted by atomic mass is 32.2. The van der Waals surface area contributed by atoms with Crippen LogP contribution in [0.15, 0.2) is 29.2 Å². The summed E-state index contributed by atoms with van der Waals surface area (Å²) in [6.07, 6.45) is 3.98. The second-order valence-corrected chi connectivity index (χ2v) is 10.4. The molecular weight excluding hydrogens is 382 g/mol. The zero-order chi connectivity index (χ0) is 20.4. The molecule has 0 radical (unpaired) electrons. The highest BCUT2D eigenvalue weighted by Gasteiger charge is 2.47. The first-order valence-electron chi connectivity index (χ1n) is 11.1. The quantitative estimate of drug-likeness (QED) is 0.526. The summed E-state index contributed by atoms with van der Waals surface area (Å²) in [5.74, 6) is 0.141. The van der Waals surface area contributed by atoms with Gasteiger partial charge in [-0.05, 0) is 25.0 Å². The number of anilines is 1. The maximum atomic E-state index is 12.7. The second kappa shape index (κ2) is 9.09. The summed E-state index contributed by atoms with van der Waals surface area (Å²) < 4.78 is 0. The number of thioether (sulfide) groups is 1. The van der Waals surface area contributed by atoms with Gasteiger partial charge in [0.1, 0.15) is 0 Å². The number of rotatable bonds is 6. The van der Waals surface area contributed by atoms with Gasteiger partial charge in [-0.25, -0.2) is 0 Å². The third-order valence-corrected chi connectivity index (χ3v) is 7.58. The molecule has 1 saturated carbocycles. The Kier molecular flexibility index (Phi) is 6.50. The molecule has 29 heavy (non-hydrogen) atoms. The molecule has 2 heterocycles. The number of fused-ring (bicyclic) bond motifs is 1. The van der Waals surface area contributed by atoms with Crippen LogP contribution in [-0.4, -0.2) is 66.1 Å². The van der Waals surface area contributed by atoms with Crippen molar-refractivity contribution in [2.75, 3.05) is 44.2 Å². The largest absolute Gasteiger partial charge is 0.368 e. The summed E-state index contributed by atoms with van der Waals surface area (Å²) in [5, 5.41) is 0.566. The van der Waals surface area contributed by atoms with Gasteiger partial charge in [0.2, 0.25) is 11.8 Å². The van der Waals surface area contributed by atoms with Crippen LogP contribution in [0.3, 0.4) is 0 Å². The Morgan fingerprint density at radius 1 is 0.931 bits per heavy atom. The second-order valence-electron chi connectivity index (χ2n) is 8.79. The van der Waals surface area contributed by atoms with Crippen LogP contribution in [0.4, 0.5) is 5.69 Å². The predicted octanol–water partition coefficient (Wildman–Crippen LogP) is 3.48. The lowest BCUT2D eigenvalue weighted by atomic mass is 9.81. The number of carbonyl (C=O) groups is 2. The van der Waals surface area contributed by atoms with Gasteiger partial charge in [-0.15, -0.1) is 11.8 Å². The molecular formula is C23H33N3O2S. The van der Waals surface area contributed by atoms with Gasteiger partial charge in [-0.2, -0.15) is 0 Å². The van der Waals surface area contributed by atoms with Crippen molar-refractivity contribution in [2.45, 2.75) is 49.7 Å². The number of piperazine rings is 1. The van der Waals surface area contributed by atoms with Gasteiger partial charge in [-0.1, -0.05) is 38.8 Å². The number of likely N-dealkylation sites (tertiary alicyclic amines) is 1. The molecule has 0 bridgehead atoms. The fourth-order valence-corrected chi connectivity index (χ4v) is 5.96. The van der Waals surface area contributed by atoms with E-state index < -0.39 is 0 Å². The lowest BCUT2D eigenvalue weighted by molar-refractivity contribution is -0.140. The summed E-state index contributed by atoms with van der Waals surface area (Å²) >= 11 is 1.92. The monoisotopic (exact) mass is 415 g/mol. The number of para-hydroxylation sites is 1. The average molecular weight is 416 g/mol. The van der Waals surface area contributed by atoms with Crippen LogP contribution >= 0.6 is 11.8 Å². The van der Waals surface area contributed by atoms with E-state index in [0.29, 0.717) is 11.8 Å². The summed E-state index contributed by atoms with van der Waals surface area (Å²) in [6, 6.07) is 8.68. The van der Waals surface area contributed by atoms with Crippen molar-refractivity contribution in [3.8, 4) is 0 Å². The van der Waals surface area contributed by atoms with Crippen LogP contribution < -0.4 is 4.90 Å². The van der Waals surface area contributed by atoms with E-state index in [1.165, 1.54) is 10.6 Å². The lowest BCUT2D eigenvalue weighted by Crippen LogP contribution is -2.49. The number of benzene rings is 1. The Labute approximate surface area is 178 Å². The highest BCUT2D eigenvalue weighted by molar-refractivity contribution is 8.00. The molecule has 1 aliphatic carbocycles. The molecule has 0 unspecified atom stereocenters.